The van der Waals surface area contributed by atoms with Crippen molar-refractivity contribution < 1.29 is 4.79 Å². The second kappa shape index (κ2) is 5.88. The number of carbonyl (C=O) groups excluding carboxylic acids is 1. The molecular weight excluding hydrogens is 276 g/mol. The molecule has 104 valence electrons. The molecule has 5 nitrogen and oxygen atoms in total. The van der Waals surface area contributed by atoms with Crippen LogP contribution in [0.5, 0.6) is 0 Å². The number of aryl methyl sites for hydroxylation is 3. The molecular formula is C14H15ClN4O. The van der Waals surface area contributed by atoms with Gasteiger partial charge in [-0.15, -0.1) is 0 Å². The maximum atomic E-state index is 11.8. The number of aromatic nitrogens is 2. The van der Waals surface area contributed by atoms with E-state index in [2.05, 4.69) is 15.6 Å². The second-order valence-corrected chi connectivity index (χ2v) is 4.84. The van der Waals surface area contributed by atoms with E-state index in [-0.39, 0.29) is 5.91 Å². The van der Waals surface area contributed by atoms with Crippen LogP contribution in [0.1, 0.15) is 27.2 Å². The summed E-state index contributed by atoms with van der Waals surface area (Å²) < 4.78 is 1.56. The minimum absolute atomic E-state index is 0.265. The molecule has 1 N–H and O–H groups in total. The highest BCUT2D eigenvalue weighted by Crippen LogP contribution is 2.15. The molecule has 0 aliphatic heterocycles. The Hall–Kier alpha value is -2.14. The first-order chi connectivity index (χ1) is 9.49. The number of rotatable bonds is 3. The zero-order valence-electron chi connectivity index (χ0n) is 11.5. The summed E-state index contributed by atoms with van der Waals surface area (Å²) in [5.74, 6) is -0.265. The molecule has 0 saturated carbocycles. The van der Waals surface area contributed by atoms with Crippen molar-refractivity contribution >= 4 is 23.7 Å². The van der Waals surface area contributed by atoms with Crippen molar-refractivity contribution in [2.24, 2.45) is 12.1 Å². The molecule has 0 fully saturated rings. The van der Waals surface area contributed by atoms with Gasteiger partial charge in [-0.2, -0.15) is 10.2 Å². The molecule has 6 heteroatoms. The monoisotopic (exact) mass is 290 g/mol. The van der Waals surface area contributed by atoms with Crippen LogP contribution < -0.4 is 5.43 Å². The standard InChI is InChI=1S/C14H15ClN4O/c1-9-4-6-11(7-5-9)14(20)17-16-8-12-10(2)18-19(3)13(12)15/h4-8H,1-3H3,(H,17,20)/b16-8+. The van der Waals surface area contributed by atoms with E-state index in [1.165, 1.54) is 6.21 Å². The summed E-state index contributed by atoms with van der Waals surface area (Å²) >= 11 is 6.06. The highest BCUT2D eigenvalue weighted by molar-refractivity contribution is 6.32. The van der Waals surface area contributed by atoms with Crippen molar-refractivity contribution in [1.29, 1.82) is 0 Å². The lowest BCUT2D eigenvalue weighted by molar-refractivity contribution is 0.0955. The van der Waals surface area contributed by atoms with Crippen molar-refractivity contribution in [3.8, 4) is 0 Å². The first-order valence-electron chi connectivity index (χ1n) is 6.08. The molecule has 0 spiro atoms. The van der Waals surface area contributed by atoms with Crippen LogP contribution in [0.3, 0.4) is 0 Å². The van der Waals surface area contributed by atoms with Gasteiger partial charge in [-0.25, -0.2) is 5.43 Å². The van der Waals surface area contributed by atoms with E-state index >= 15 is 0 Å². The average Bonchev–Trinajstić information content (AvgIpc) is 2.65. The van der Waals surface area contributed by atoms with E-state index in [1.54, 1.807) is 23.9 Å². The van der Waals surface area contributed by atoms with Crippen molar-refractivity contribution in [1.82, 2.24) is 15.2 Å². The predicted octanol–water partition coefficient (Wildman–Crippen LogP) is 2.45. The minimum Gasteiger partial charge on any atom is -0.267 e. The van der Waals surface area contributed by atoms with Gasteiger partial charge in [0, 0.05) is 12.6 Å². The normalized spacial score (nSPS) is 11.0. The molecule has 0 atom stereocenters. The van der Waals surface area contributed by atoms with E-state index in [4.69, 9.17) is 11.6 Å². The predicted molar refractivity (Wildman–Crippen MR) is 79.2 cm³/mol. The first-order valence-corrected chi connectivity index (χ1v) is 6.46. The van der Waals surface area contributed by atoms with Crippen LogP contribution in [0.2, 0.25) is 5.15 Å². The molecule has 1 amide bonds. The fourth-order valence-corrected chi connectivity index (χ4v) is 1.94. The third kappa shape index (κ3) is 3.05. The lowest BCUT2D eigenvalue weighted by atomic mass is 10.1. The molecule has 0 saturated heterocycles. The zero-order valence-corrected chi connectivity index (χ0v) is 12.3. The molecule has 2 aromatic rings. The Morgan fingerprint density at radius 1 is 1.35 bits per heavy atom. The van der Waals surface area contributed by atoms with Crippen molar-refractivity contribution in [2.45, 2.75) is 13.8 Å². The Morgan fingerprint density at radius 3 is 2.55 bits per heavy atom. The van der Waals surface area contributed by atoms with E-state index < -0.39 is 0 Å². The van der Waals surface area contributed by atoms with Crippen molar-refractivity contribution in [3.05, 3.63) is 51.8 Å². The van der Waals surface area contributed by atoms with Crippen LogP contribution in [-0.2, 0) is 7.05 Å². The average molecular weight is 291 g/mol. The number of hydrogen-bond donors (Lipinski definition) is 1. The number of halogens is 1. The Morgan fingerprint density at radius 2 is 2.00 bits per heavy atom. The fraction of sp³-hybridized carbons (Fsp3) is 0.214. The van der Waals surface area contributed by atoms with Gasteiger partial charge in [0.05, 0.1) is 17.5 Å². The van der Waals surface area contributed by atoms with Gasteiger partial charge in [-0.3, -0.25) is 9.48 Å². The summed E-state index contributed by atoms with van der Waals surface area (Å²) in [6.07, 6.45) is 1.50. The van der Waals surface area contributed by atoms with Gasteiger partial charge >= 0.3 is 0 Å². The lowest BCUT2D eigenvalue weighted by Gasteiger charge is -2.00. The molecule has 1 heterocycles. The Balaban J connectivity index is 2.06. The van der Waals surface area contributed by atoms with E-state index in [1.807, 2.05) is 26.0 Å². The maximum absolute atomic E-state index is 11.8. The molecule has 0 aliphatic rings. The molecule has 1 aromatic heterocycles. The second-order valence-electron chi connectivity index (χ2n) is 4.48. The fourth-order valence-electron chi connectivity index (χ4n) is 1.72. The number of hydrazone groups is 1. The van der Waals surface area contributed by atoms with Gasteiger partial charge in [0.25, 0.3) is 5.91 Å². The lowest BCUT2D eigenvalue weighted by Crippen LogP contribution is -2.17. The number of hydrogen-bond acceptors (Lipinski definition) is 3. The van der Waals surface area contributed by atoms with Gasteiger partial charge in [-0.05, 0) is 26.0 Å². The maximum Gasteiger partial charge on any atom is 0.271 e. The van der Waals surface area contributed by atoms with Crippen LogP contribution in [0, 0.1) is 13.8 Å². The minimum atomic E-state index is -0.265. The Kier molecular flexibility index (Phi) is 4.20. The number of nitrogens with one attached hydrogen (secondary N) is 1. The molecule has 0 radical (unpaired) electrons. The van der Waals surface area contributed by atoms with Crippen LogP contribution in [0.15, 0.2) is 29.4 Å². The van der Waals surface area contributed by atoms with Crippen LogP contribution >= 0.6 is 11.6 Å². The Labute approximate surface area is 122 Å². The van der Waals surface area contributed by atoms with Crippen LogP contribution in [0.4, 0.5) is 0 Å². The summed E-state index contributed by atoms with van der Waals surface area (Å²) in [7, 11) is 1.75. The highest BCUT2D eigenvalue weighted by atomic mass is 35.5. The highest BCUT2D eigenvalue weighted by Gasteiger charge is 2.09. The number of amides is 1. The van der Waals surface area contributed by atoms with Gasteiger partial charge in [0.2, 0.25) is 0 Å². The van der Waals surface area contributed by atoms with Crippen LogP contribution in [-0.4, -0.2) is 21.9 Å². The summed E-state index contributed by atoms with van der Waals surface area (Å²) in [6, 6.07) is 7.26. The van der Waals surface area contributed by atoms with Crippen molar-refractivity contribution in [3.63, 3.8) is 0 Å². The van der Waals surface area contributed by atoms with E-state index in [0.29, 0.717) is 16.3 Å². The van der Waals surface area contributed by atoms with Gasteiger partial charge < -0.3 is 0 Å². The molecule has 0 bridgehead atoms. The first kappa shape index (κ1) is 14.3. The third-order valence-electron chi connectivity index (χ3n) is 2.87. The summed E-state index contributed by atoms with van der Waals surface area (Å²) in [5, 5.41) is 8.55. The van der Waals surface area contributed by atoms with Crippen LogP contribution in [0.25, 0.3) is 0 Å². The molecule has 1 aromatic carbocycles. The third-order valence-corrected chi connectivity index (χ3v) is 3.32. The van der Waals surface area contributed by atoms with Crippen molar-refractivity contribution in [2.75, 3.05) is 0 Å². The SMILES string of the molecule is Cc1ccc(C(=O)N/N=C/c2c(C)nn(C)c2Cl)cc1. The number of carbonyl (C=O) groups is 1. The van der Waals surface area contributed by atoms with Gasteiger partial charge in [0.1, 0.15) is 5.15 Å². The molecule has 0 aliphatic carbocycles. The number of benzene rings is 1. The quantitative estimate of drug-likeness (QED) is 0.697. The summed E-state index contributed by atoms with van der Waals surface area (Å²) in [6.45, 7) is 3.79. The molecule has 20 heavy (non-hydrogen) atoms. The molecule has 2 rings (SSSR count). The summed E-state index contributed by atoms with van der Waals surface area (Å²) in [5.41, 5.74) is 5.57. The smallest absolute Gasteiger partial charge is 0.267 e. The molecule has 0 unspecified atom stereocenters. The number of nitrogens with zero attached hydrogens (tertiary/aromatic N) is 3. The zero-order chi connectivity index (χ0) is 14.7. The van der Waals surface area contributed by atoms with Gasteiger partial charge in [-0.1, -0.05) is 29.3 Å². The largest absolute Gasteiger partial charge is 0.271 e. The van der Waals surface area contributed by atoms with E-state index in [0.717, 1.165) is 11.3 Å². The van der Waals surface area contributed by atoms with Gasteiger partial charge in [0.15, 0.2) is 0 Å². The Bertz CT molecular complexity index is 659. The summed E-state index contributed by atoms with van der Waals surface area (Å²) in [4.78, 5) is 11.8. The topological polar surface area (TPSA) is 59.3 Å². The van der Waals surface area contributed by atoms with E-state index in [9.17, 15) is 4.79 Å².